The van der Waals surface area contributed by atoms with Crippen LogP contribution in [0.15, 0.2) is 0 Å². The van der Waals surface area contributed by atoms with Crippen LogP contribution in [0.3, 0.4) is 0 Å². The van der Waals surface area contributed by atoms with Crippen molar-refractivity contribution < 1.29 is 24.2 Å². The van der Waals surface area contributed by atoms with Gasteiger partial charge in [-0.05, 0) is 57.3 Å². The number of ether oxygens (including phenoxy) is 1. The topological polar surface area (TPSA) is 95.9 Å². The number of nitrogens with one attached hydrogen (secondary N) is 1. The van der Waals surface area contributed by atoms with Crippen LogP contribution in [0.25, 0.3) is 0 Å². The van der Waals surface area contributed by atoms with Crippen molar-refractivity contribution in [3.8, 4) is 0 Å². The van der Waals surface area contributed by atoms with E-state index in [1.54, 1.807) is 23.6 Å². The Morgan fingerprint density at radius 1 is 1.26 bits per heavy atom. The number of hydrogen-bond acceptors (Lipinski definition) is 6. The summed E-state index contributed by atoms with van der Waals surface area (Å²) in [4.78, 5) is 43.0. The fraction of sp³-hybridized carbons (Fsp3) is 0.889. The third-order valence-corrected chi connectivity index (χ3v) is 9.85. The maximum Gasteiger partial charge on any atom is 0.310 e. The van der Waals surface area contributed by atoms with E-state index in [0.717, 1.165) is 12.8 Å². The summed E-state index contributed by atoms with van der Waals surface area (Å²) < 4.78 is 4.71. The van der Waals surface area contributed by atoms with E-state index < -0.39 is 34.2 Å². The predicted molar refractivity (Wildman–Crippen MR) is 139 cm³/mol. The van der Waals surface area contributed by atoms with Gasteiger partial charge in [0, 0.05) is 10.8 Å². The lowest BCUT2D eigenvalue weighted by Crippen LogP contribution is -2.61. The molecule has 0 saturated carbocycles. The maximum atomic E-state index is 14.2. The number of fused-ring (bicyclic) bond motifs is 1. The van der Waals surface area contributed by atoms with E-state index in [-0.39, 0.29) is 53.5 Å². The lowest BCUT2D eigenvalue weighted by Gasteiger charge is -2.42. The van der Waals surface area contributed by atoms with Crippen molar-refractivity contribution in [3.05, 3.63) is 0 Å². The number of aliphatic hydroxyl groups is 1. The van der Waals surface area contributed by atoms with Gasteiger partial charge in [0.2, 0.25) is 11.8 Å². The molecule has 7 atom stereocenters. The smallest absolute Gasteiger partial charge is 0.310 e. The van der Waals surface area contributed by atoms with Crippen molar-refractivity contribution in [2.45, 2.75) is 109 Å². The van der Waals surface area contributed by atoms with Gasteiger partial charge in [-0.1, -0.05) is 41.5 Å². The highest BCUT2D eigenvalue weighted by atomic mass is 32.2. The lowest BCUT2D eigenvalue weighted by atomic mass is 9.66. The number of hydrogen-bond donors (Lipinski definition) is 2. The molecule has 3 aliphatic heterocycles. The maximum absolute atomic E-state index is 14.2. The molecule has 200 valence electrons. The van der Waals surface area contributed by atoms with Crippen LogP contribution < -0.4 is 5.32 Å². The van der Waals surface area contributed by atoms with Crippen molar-refractivity contribution in [2.75, 3.05) is 13.2 Å². The average Bonchev–Trinajstić information content (AvgIpc) is 3.27. The van der Waals surface area contributed by atoms with Gasteiger partial charge in [0.15, 0.2) is 0 Å². The summed E-state index contributed by atoms with van der Waals surface area (Å²) in [6.07, 6.45) is 2.14. The summed E-state index contributed by atoms with van der Waals surface area (Å²) in [5.74, 6) is -1.54. The van der Waals surface area contributed by atoms with Crippen LogP contribution in [0.2, 0.25) is 0 Å². The number of amides is 2. The zero-order valence-electron chi connectivity index (χ0n) is 23.0. The van der Waals surface area contributed by atoms with Crippen molar-refractivity contribution in [1.29, 1.82) is 0 Å². The molecule has 2 bridgehead atoms. The zero-order chi connectivity index (χ0) is 26.5. The van der Waals surface area contributed by atoms with E-state index in [2.05, 4.69) is 33.0 Å². The van der Waals surface area contributed by atoms with Gasteiger partial charge in [-0.25, -0.2) is 0 Å². The second-order valence-electron chi connectivity index (χ2n) is 13.1. The van der Waals surface area contributed by atoms with E-state index in [1.807, 2.05) is 27.7 Å². The molecule has 0 aliphatic carbocycles. The first-order chi connectivity index (χ1) is 16.1. The van der Waals surface area contributed by atoms with E-state index in [0.29, 0.717) is 6.42 Å². The van der Waals surface area contributed by atoms with E-state index in [1.165, 1.54) is 0 Å². The van der Waals surface area contributed by atoms with Crippen LogP contribution in [-0.2, 0) is 19.1 Å². The number of carbonyl (C=O) groups is 3. The largest absolute Gasteiger partial charge is 0.466 e. The van der Waals surface area contributed by atoms with Crippen molar-refractivity contribution >= 4 is 29.5 Å². The fourth-order valence-corrected chi connectivity index (χ4v) is 9.65. The van der Waals surface area contributed by atoms with Gasteiger partial charge in [-0.2, -0.15) is 0 Å². The van der Waals surface area contributed by atoms with Crippen molar-refractivity contribution in [2.24, 2.45) is 29.1 Å². The number of esters is 1. The second-order valence-corrected chi connectivity index (χ2v) is 14.7. The van der Waals surface area contributed by atoms with Gasteiger partial charge in [0.25, 0.3) is 0 Å². The molecule has 3 fully saturated rings. The Morgan fingerprint density at radius 3 is 2.40 bits per heavy atom. The third-order valence-electron chi connectivity index (χ3n) is 7.77. The molecule has 3 rings (SSSR count). The molecule has 0 aromatic heterocycles. The summed E-state index contributed by atoms with van der Waals surface area (Å²) in [5.41, 5.74) is -0.465. The minimum absolute atomic E-state index is 0.0108. The monoisotopic (exact) mass is 510 g/mol. The Kier molecular flexibility index (Phi) is 7.99. The molecule has 3 aliphatic rings. The molecule has 0 radical (unpaired) electrons. The zero-order valence-corrected chi connectivity index (χ0v) is 23.8. The van der Waals surface area contributed by atoms with Gasteiger partial charge in [0.05, 0.1) is 35.8 Å². The first kappa shape index (κ1) is 28.3. The highest BCUT2D eigenvalue weighted by Crippen LogP contribution is 2.69. The molecule has 35 heavy (non-hydrogen) atoms. The molecule has 2 N–H and O–H groups in total. The van der Waals surface area contributed by atoms with Gasteiger partial charge >= 0.3 is 5.97 Å². The molecule has 0 aromatic carbocycles. The van der Waals surface area contributed by atoms with Crippen LogP contribution in [0.1, 0.15) is 81.6 Å². The number of carbonyl (C=O) groups excluding carboxylic acids is 3. The van der Waals surface area contributed by atoms with Gasteiger partial charge < -0.3 is 20.1 Å². The molecule has 2 amide bonds. The molecular weight excluding hydrogens is 464 g/mol. The number of aliphatic hydroxyl groups excluding tert-OH is 1. The quantitative estimate of drug-likeness (QED) is 0.460. The number of rotatable bonds is 9. The third kappa shape index (κ3) is 5.11. The molecule has 3 saturated heterocycles. The minimum Gasteiger partial charge on any atom is -0.466 e. The number of likely N-dealkylation sites (tertiary alicyclic amines) is 1. The summed E-state index contributed by atoms with van der Waals surface area (Å²) >= 11 is 1.64. The Morgan fingerprint density at radius 2 is 1.89 bits per heavy atom. The van der Waals surface area contributed by atoms with Crippen LogP contribution in [-0.4, -0.2) is 68.6 Å². The summed E-state index contributed by atoms with van der Waals surface area (Å²) in [6, 6.07) is -1.21. The molecule has 3 unspecified atom stereocenters. The second kappa shape index (κ2) is 9.88. The summed E-state index contributed by atoms with van der Waals surface area (Å²) in [7, 11) is 0. The van der Waals surface area contributed by atoms with Gasteiger partial charge in [-0.15, -0.1) is 11.8 Å². The van der Waals surface area contributed by atoms with Crippen LogP contribution >= 0.6 is 11.8 Å². The Labute approximate surface area is 215 Å². The van der Waals surface area contributed by atoms with Gasteiger partial charge in [-0.3, -0.25) is 14.4 Å². The average molecular weight is 511 g/mol. The molecule has 1 spiro atoms. The van der Waals surface area contributed by atoms with Crippen LogP contribution in [0.4, 0.5) is 0 Å². The molecule has 8 heteroatoms. The highest BCUT2D eigenvalue weighted by molar-refractivity contribution is 8.02. The Bertz CT molecular complexity index is 838. The SMILES string of the molecule is CCOC(=O)[C@@H]1[C@@H]2CC(C)C3(S2)C(C(=O)NC(C)(C)CC(C)(C)C)N([C@@H](CO)CC(C)C)C(=O)[C@H]13. The van der Waals surface area contributed by atoms with E-state index in [9.17, 15) is 19.5 Å². The summed E-state index contributed by atoms with van der Waals surface area (Å²) in [6.45, 7) is 18.5. The predicted octanol–water partition coefficient (Wildman–Crippen LogP) is 3.62. The van der Waals surface area contributed by atoms with E-state index >= 15 is 0 Å². The normalized spacial score (nSPS) is 33.3. The molecular formula is C27H46N2O5S. The standard InChI is InChI=1S/C27H46N2O5S/c1-10-34-24(33)19-18-12-16(4)27(35-18)20(19)23(32)29(17(13-30)11-15(2)3)21(27)22(31)28-26(8,9)14-25(5,6)7/h15-21,30H,10-14H2,1-9H3,(H,28,31)/t16?,17-,18+,19-,20+,21?,27?/m1/s1. The Balaban J connectivity index is 2.07. The Hall–Kier alpha value is -1.28. The van der Waals surface area contributed by atoms with E-state index in [4.69, 9.17) is 4.74 Å². The molecule has 0 aromatic rings. The first-order valence-corrected chi connectivity index (χ1v) is 14.1. The summed E-state index contributed by atoms with van der Waals surface area (Å²) in [5, 5.41) is 13.6. The van der Waals surface area contributed by atoms with Gasteiger partial charge in [0.1, 0.15) is 6.04 Å². The fourth-order valence-electron chi connectivity index (χ4n) is 7.25. The van der Waals surface area contributed by atoms with Crippen LogP contribution in [0, 0.1) is 29.1 Å². The van der Waals surface area contributed by atoms with Crippen molar-refractivity contribution in [1.82, 2.24) is 10.2 Å². The molecule has 7 nitrogen and oxygen atoms in total. The van der Waals surface area contributed by atoms with Crippen molar-refractivity contribution in [3.63, 3.8) is 0 Å². The highest BCUT2D eigenvalue weighted by Gasteiger charge is 2.77. The number of thioether (sulfide) groups is 1. The first-order valence-electron chi connectivity index (χ1n) is 13.2. The number of nitrogens with zero attached hydrogens (tertiary/aromatic N) is 1. The van der Waals surface area contributed by atoms with Crippen LogP contribution in [0.5, 0.6) is 0 Å². The molecule has 3 heterocycles. The lowest BCUT2D eigenvalue weighted by molar-refractivity contribution is -0.154. The minimum atomic E-state index is -0.737.